The average molecular weight is 157 g/mol. The summed E-state index contributed by atoms with van der Waals surface area (Å²) in [5.74, 6) is 0. The SMILES string of the molecule is CN(C)C(=O)N(Cl)Cl. The molecule has 0 aromatic heterocycles. The predicted octanol–water partition coefficient (Wildman–Crippen LogP) is 1.28. The molecule has 0 rings (SSSR count). The summed E-state index contributed by atoms with van der Waals surface area (Å²) in [5.41, 5.74) is 0. The minimum absolute atomic E-state index is 0.451. The van der Waals surface area contributed by atoms with Crippen LogP contribution in [0.15, 0.2) is 0 Å². The average Bonchev–Trinajstić information content (AvgIpc) is 1.64. The van der Waals surface area contributed by atoms with E-state index in [-0.39, 0.29) is 0 Å². The van der Waals surface area contributed by atoms with Gasteiger partial charge in [-0.1, -0.05) is 0 Å². The molecule has 0 radical (unpaired) electrons. The first kappa shape index (κ1) is 7.85. The van der Waals surface area contributed by atoms with Crippen LogP contribution >= 0.6 is 23.6 Å². The minimum atomic E-state index is -0.451. The van der Waals surface area contributed by atoms with Gasteiger partial charge in [-0.25, -0.2) is 4.79 Å². The van der Waals surface area contributed by atoms with Gasteiger partial charge in [0.2, 0.25) is 0 Å². The van der Waals surface area contributed by atoms with Crippen LogP contribution in [0.3, 0.4) is 0 Å². The molecule has 0 heterocycles. The summed E-state index contributed by atoms with van der Waals surface area (Å²) in [4.78, 5) is 11.7. The highest BCUT2D eigenvalue weighted by Crippen LogP contribution is 2.01. The van der Waals surface area contributed by atoms with Gasteiger partial charge < -0.3 is 4.90 Å². The highest BCUT2D eigenvalue weighted by Gasteiger charge is 2.08. The Morgan fingerprint density at radius 1 is 1.38 bits per heavy atom. The Morgan fingerprint density at radius 2 is 1.75 bits per heavy atom. The van der Waals surface area contributed by atoms with Crippen molar-refractivity contribution in [2.24, 2.45) is 0 Å². The lowest BCUT2D eigenvalue weighted by atomic mass is 10.9. The number of carbonyl (C=O) groups is 1. The highest BCUT2D eigenvalue weighted by molar-refractivity contribution is 6.41. The molecule has 0 aromatic carbocycles. The van der Waals surface area contributed by atoms with E-state index in [9.17, 15) is 4.79 Å². The van der Waals surface area contributed by atoms with Crippen molar-refractivity contribution in [3.05, 3.63) is 0 Å². The minimum Gasteiger partial charge on any atom is -0.329 e. The third kappa shape index (κ3) is 2.23. The second-order valence-corrected chi connectivity index (χ2v) is 2.26. The third-order valence-electron chi connectivity index (χ3n) is 0.527. The largest absolute Gasteiger partial charge is 0.349 e. The number of hydrogen-bond acceptors (Lipinski definition) is 1. The molecule has 0 atom stereocenters. The lowest BCUT2D eigenvalue weighted by Crippen LogP contribution is -2.27. The molecule has 0 fully saturated rings. The third-order valence-corrected chi connectivity index (χ3v) is 0.816. The number of nitrogens with zero attached hydrogens (tertiary/aromatic N) is 2. The van der Waals surface area contributed by atoms with E-state index in [4.69, 9.17) is 23.6 Å². The fourth-order valence-electron chi connectivity index (χ4n) is 0.151. The van der Waals surface area contributed by atoms with Crippen LogP contribution in [0.4, 0.5) is 4.79 Å². The van der Waals surface area contributed by atoms with Crippen molar-refractivity contribution in [2.45, 2.75) is 0 Å². The molecule has 0 aromatic rings. The van der Waals surface area contributed by atoms with Crippen LogP contribution < -0.4 is 0 Å². The zero-order valence-corrected chi connectivity index (χ0v) is 6.07. The van der Waals surface area contributed by atoms with Crippen molar-refractivity contribution in [3.63, 3.8) is 0 Å². The second kappa shape index (κ2) is 2.99. The van der Waals surface area contributed by atoms with Crippen LogP contribution in [-0.2, 0) is 0 Å². The lowest BCUT2D eigenvalue weighted by Gasteiger charge is -2.10. The summed E-state index contributed by atoms with van der Waals surface area (Å²) in [6.45, 7) is 0. The first-order chi connectivity index (χ1) is 3.55. The monoisotopic (exact) mass is 156 g/mol. The fraction of sp³-hybridized carbons (Fsp3) is 0.667. The topological polar surface area (TPSA) is 23.6 Å². The molecule has 0 bridgehead atoms. The van der Waals surface area contributed by atoms with E-state index >= 15 is 0 Å². The van der Waals surface area contributed by atoms with Crippen LogP contribution in [0.25, 0.3) is 0 Å². The van der Waals surface area contributed by atoms with Crippen molar-refractivity contribution >= 4 is 29.6 Å². The van der Waals surface area contributed by atoms with Gasteiger partial charge in [0.1, 0.15) is 0 Å². The van der Waals surface area contributed by atoms with E-state index < -0.39 is 6.03 Å². The molecule has 2 amide bonds. The molecule has 0 saturated carbocycles. The summed E-state index contributed by atoms with van der Waals surface area (Å²) in [6.07, 6.45) is 0. The maximum atomic E-state index is 10.4. The van der Waals surface area contributed by atoms with E-state index in [0.29, 0.717) is 3.94 Å². The normalized spacial score (nSPS) is 8.50. The smallest absolute Gasteiger partial charge is 0.329 e. The second-order valence-electron chi connectivity index (χ2n) is 1.41. The quantitative estimate of drug-likeness (QED) is 0.485. The van der Waals surface area contributed by atoms with E-state index in [1.54, 1.807) is 14.1 Å². The molecule has 0 aliphatic heterocycles. The van der Waals surface area contributed by atoms with Gasteiger partial charge in [0.15, 0.2) is 0 Å². The van der Waals surface area contributed by atoms with E-state index in [2.05, 4.69) is 0 Å². The maximum absolute atomic E-state index is 10.4. The maximum Gasteiger partial charge on any atom is 0.349 e. The van der Waals surface area contributed by atoms with Crippen LogP contribution in [0.1, 0.15) is 0 Å². The van der Waals surface area contributed by atoms with Gasteiger partial charge in [0.05, 0.1) is 0 Å². The molecule has 0 N–H and O–H groups in total. The Labute approximate surface area is 58.0 Å². The van der Waals surface area contributed by atoms with Crippen molar-refractivity contribution in [3.8, 4) is 0 Å². The van der Waals surface area contributed by atoms with Crippen molar-refractivity contribution in [1.82, 2.24) is 8.84 Å². The summed E-state index contributed by atoms with van der Waals surface area (Å²) >= 11 is 10.1. The van der Waals surface area contributed by atoms with E-state index in [1.807, 2.05) is 0 Å². The van der Waals surface area contributed by atoms with Crippen LogP contribution in [0, 0.1) is 0 Å². The number of halogens is 2. The zero-order valence-electron chi connectivity index (χ0n) is 4.56. The fourth-order valence-corrected chi connectivity index (χ4v) is 0.454. The number of hydrogen-bond donors (Lipinski definition) is 0. The Bertz CT molecular complexity index is 83.3. The zero-order chi connectivity index (χ0) is 6.73. The summed E-state index contributed by atoms with van der Waals surface area (Å²) in [7, 11) is 3.11. The Balaban J connectivity index is 3.65. The molecule has 0 spiro atoms. The molecule has 5 heteroatoms. The Morgan fingerprint density at radius 3 is 1.75 bits per heavy atom. The number of amides is 2. The standard InChI is InChI=1S/C3H6Cl2N2O/c1-6(2)3(8)7(4)5/h1-2H3. The number of carbonyl (C=O) groups excluding carboxylic acids is 1. The van der Waals surface area contributed by atoms with E-state index in [1.165, 1.54) is 4.90 Å². The first-order valence-electron chi connectivity index (χ1n) is 1.88. The van der Waals surface area contributed by atoms with Gasteiger partial charge in [0, 0.05) is 37.6 Å². The lowest BCUT2D eigenvalue weighted by molar-refractivity contribution is 0.212. The Hall–Kier alpha value is -0.150. The van der Waals surface area contributed by atoms with Gasteiger partial charge in [-0.05, 0) is 0 Å². The molecule has 0 aliphatic carbocycles. The summed E-state index contributed by atoms with van der Waals surface area (Å²) < 4.78 is 0.472. The van der Waals surface area contributed by atoms with Crippen molar-refractivity contribution < 1.29 is 4.79 Å². The van der Waals surface area contributed by atoms with Crippen LogP contribution in [0.5, 0.6) is 0 Å². The molecular formula is C3H6Cl2N2O. The molecule has 0 saturated heterocycles. The summed E-state index contributed by atoms with van der Waals surface area (Å²) in [6, 6.07) is -0.451. The predicted molar refractivity (Wildman–Crippen MR) is 32.6 cm³/mol. The Kier molecular flexibility index (Phi) is 2.94. The van der Waals surface area contributed by atoms with Gasteiger partial charge in [-0.2, -0.15) is 0 Å². The van der Waals surface area contributed by atoms with Gasteiger partial charge in [-0.15, -0.1) is 3.94 Å². The van der Waals surface area contributed by atoms with Gasteiger partial charge in [0.25, 0.3) is 0 Å². The number of urea groups is 1. The van der Waals surface area contributed by atoms with Crippen molar-refractivity contribution in [1.29, 1.82) is 0 Å². The van der Waals surface area contributed by atoms with Crippen LogP contribution in [-0.4, -0.2) is 29.0 Å². The van der Waals surface area contributed by atoms with E-state index in [0.717, 1.165) is 0 Å². The molecule has 0 aliphatic rings. The first-order valence-corrected chi connectivity index (χ1v) is 2.56. The molecule has 0 unspecified atom stereocenters. The summed E-state index contributed by atoms with van der Waals surface area (Å²) in [5, 5.41) is 0. The molecule has 8 heavy (non-hydrogen) atoms. The molecule has 3 nitrogen and oxygen atoms in total. The molecular weight excluding hydrogens is 151 g/mol. The van der Waals surface area contributed by atoms with Crippen molar-refractivity contribution in [2.75, 3.05) is 14.1 Å². The highest BCUT2D eigenvalue weighted by atomic mass is 35.5. The molecule has 48 valence electrons. The van der Waals surface area contributed by atoms with Gasteiger partial charge >= 0.3 is 6.03 Å². The van der Waals surface area contributed by atoms with Crippen LogP contribution in [0.2, 0.25) is 0 Å². The van der Waals surface area contributed by atoms with Gasteiger partial charge in [-0.3, -0.25) is 0 Å². The number of rotatable bonds is 0.